The molecule has 60 heavy (non-hydrogen) atoms. The van der Waals surface area contributed by atoms with E-state index in [9.17, 15) is 38.1 Å². The van der Waals surface area contributed by atoms with E-state index in [1.54, 1.807) is 0 Å². The third-order valence-corrected chi connectivity index (χ3v) is 11.9. The van der Waals surface area contributed by atoms with Crippen LogP contribution in [0.3, 0.4) is 0 Å². The molecule has 0 radical (unpaired) electrons. The van der Waals surface area contributed by atoms with Crippen molar-refractivity contribution in [3.8, 4) is 0 Å². The highest BCUT2D eigenvalue weighted by Crippen LogP contribution is 2.23. The zero-order valence-corrected chi connectivity index (χ0v) is 38.2. The van der Waals surface area contributed by atoms with E-state index in [-0.39, 0.29) is 19.4 Å². The van der Waals surface area contributed by atoms with Gasteiger partial charge in [-0.3, -0.25) is 18.9 Å². The van der Waals surface area contributed by atoms with Crippen molar-refractivity contribution in [1.29, 1.82) is 0 Å². The minimum absolute atomic E-state index is 0.154. The Morgan fingerprint density at radius 2 is 0.967 bits per heavy atom. The van der Waals surface area contributed by atoms with Crippen molar-refractivity contribution in [2.24, 2.45) is 0 Å². The van der Waals surface area contributed by atoms with E-state index >= 15 is 0 Å². The first-order chi connectivity index (χ1) is 28.9. The molecule has 5 N–H and O–H groups in total. The van der Waals surface area contributed by atoms with E-state index in [4.69, 9.17) is 23.5 Å². The molecule has 1 rings (SSSR count). The fourth-order valence-corrected chi connectivity index (χ4v) is 7.72. The van der Waals surface area contributed by atoms with Crippen molar-refractivity contribution < 1.29 is 61.6 Å². The van der Waals surface area contributed by atoms with Gasteiger partial charge in [0.15, 0.2) is 18.5 Å². The molecular formula is C45H85NO13S. The Morgan fingerprint density at radius 1 is 0.567 bits per heavy atom. The first-order valence-corrected chi connectivity index (χ1v) is 25.4. The number of carbonyl (C=O) groups is 3. The molecule has 0 aromatic carbocycles. The molecule has 1 unspecified atom stereocenters. The predicted molar refractivity (Wildman–Crippen MR) is 233 cm³/mol. The molecule has 354 valence electrons. The van der Waals surface area contributed by atoms with E-state index in [0.717, 1.165) is 38.5 Å². The van der Waals surface area contributed by atoms with Gasteiger partial charge in [0.2, 0.25) is 0 Å². The van der Waals surface area contributed by atoms with Crippen molar-refractivity contribution in [3.05, 3.63) is 0 Å². The molecule has 6 atom stereocenters. The molecule has 1 heterocycles. The highest BCUT2D eigenvalue weighted by Gasteiger charge is 2.47. The van der Waals surface area contributed by atoms with Gasteiger partial charge in [-0.2, -0.15) is 8.42 Å². The summed E-state index contributed by atoms with van der Waals surface area (Å²) in [6.45, 7) is 3.21. The van der Waals surface area contributed by atoms with Crippen LogP contribution in [-0.2, 0) is 43.4 Å². The minimum atomic E-state index is -4.38. The normalized spacial score (nSPS) is 19.9. The standard InChI is InChI=1S/C45H85NO13S/c1-3-5-7-9-11-13-15-17-18-20-22-24-26-28-30-32-39(48)58-37(35-56-38(47)31-29-27-25-23-21-19-16-14-12-10-8-6-4-2)36-57-45-42(51)40(49)41(50)43(59-45)44(52)46-33-34-60(53,54)55/h37,40-43,45,49-51H,3-36H2,1-2H3,(H,46,52)(H,53,54,55)/t37?,40-,41-,42+,43-,45-/m0/s1. The second kappa shape index (κ2) is 36.6. The lowest BCUT2D eigenvalue weighted by atomic mass is 9.98. The van der Waals surface area contributed by atoms with Gasteiger partial charge in [0.1, 0.15) is 24.9 Å². The van der Waals surface area contributed by atoms with Crippen LogP contribution in [-0.4, -0.2) is 108 Å². The Morgan fingerprint density at radius 3 is 1.38 bits per heavy atom. The number of esters is 2. The Kier molecular flexibility index (Phi) is 34.2. The SMILES string of the molecule is CCCCCCCCCCCCCCCCCC(=O)OC(COC(=O)CCCCCCCCCCCCCCC)CO[C@H]1O[C@H](C(=O)NCCS(=O)(=O)O)[C@@H](O)[C@H](O)[C@H]1O. The summed E-state index contributed by atoms with van der Waals surface area (Å²) in [7, 11) is -4.38. The predicted octanol–water partition coefficient (Wildman–Crippen LogP) is 8.01. The smallest absolute Gasteiger partial charge is 0.306 e. The van der Waals surface area contributed by atoms with Crippen LogP contribution in [0.5, 0.6) is 0 Å². The Balaban J connectivity index is 2.54. The molecule has 1 aliphatic rings. The molecule has 1 aliphatic heterocycles. The van der Waals surface area contributed by atoms with E-state index in [2.05, 4.69) is 19.2 Å². The molecule has 1 saturated heterocycles. The van der Waals surface area contributed by atoms with Crippen molar-refractivity contribution in [2.75, 3.05) is 25.5 Å². The average Bonchev–Trinajstić information content (AvgIpc) is 3.21. The fourth-order valence-electron chi connectivity index (χ4n) is 7.36. The Labute approximate surface area is 362 Å². The topological polar surface area (TPSA) is 215 Å². The summed E-state index contributed by atoms with van der Waals surface area (Å²) in [6, 6.07) is 0. The number of aliphatic hydroxyl groups excluding tert-OH is 3. The van der Waals surface area contributed by atoms with Crippen LogP contribution in [0.25, 0.3) is 0 Å². The quantitative estimate of drug-likeness (QED) is 0.0224. The Bertz CT molecular complexity index is 1190. The molecular weight excluding hydrogens is 795 g/mol. The van der Waals surface area contributed by atoms with Gasteiger partial charge < -0.3 is 39.6 Å². The molecule has 0 aromatic rings. The van der Waals surface area contributed by atoms with Crippen LogP contribution < -0.4 is 5.32 Å². The van der Waals surface area contributed by atoms with Crippen molar-refractivity contribution in [1.82, 2.24) is 5.32 Å². The van der Waals surface area contributed by atoms with Crippen molar-refractivity contribution in [3.63, 3.8) is 0 Å². The summed E-state index contributed by atoms with van der Waals surface area (Å²) in [6.07, 6.45) is 23.5. The van der Waals surface area contributed by atoms with Gasteiger partial charge in [0, 0.05) is 19.4 Å². The maximum atomic E-state index is 12.9. The van der Waals surface area contributed by atoms with E-state index < -0.39 is 83.7 Å². The van der Waals surface area contributed by atoms with Crippen LogP contribution in [0.2, 0.25) is 0 Å². The van der Waals surface area contributed by atoms with E-state index in [0.29, 0.717) is 12.8 Å². The van der Waals surface area contributed by atoms with Gasteiger partial charge in [-0.05, 0) is 12.8 Å². The molecule has 14 nitrogen and oxygen atoms in total. The molecule has 15 heteroatoms. The van der Waals surface area contributed by atoms with Crippen LogP contribution in [0.1, 0.15) is 206 Å². The molecule has 0 bridgehead atoms. The first kappa shape index (κ1) is 56.1. The van der Waals surface area contributed by atoms with Crippen LogP contribution in [0, 0.1) is 0 Å². The highest BCUT2D eigenvalue weighted by molar-refractivity contribution is 7.85. The molecule has 0 spiro atoms. The summed E-state index contributed by atoms with van der Waals surface area (Å²) in [5, 5.41) is 33.5. The summed E-state index contributed by atoms with van der Waals surface area (Å²) >= 11 is 0. The van der Waals surface area contributed by atoms with Crippen LogP contribution >= 0.6 is 0 Å². The number of aliphatic hydroxyl groups is 3. The van der Waals surface area contributed by atoms with Crippen LogP contribution in [0.4, 0.5) is 0 Å². The minimum Gasteiger partial charge on any atom is -0.462 e. The van der Waals surface area contributed by atoms with Gasteiger partial charge in [-0.1, -0.05) is 181 Å². The second-order valence-electron chi connectivity index (χ2n) is 16.8. The summed E-state index contributed by atoms with van der Waals surface area (Å²) in [4.78, 5) is 38.1. The zero-order valence-electron chi connectivity index (χ0n) is 37.4. The number of rotatable bonds is 40. The summed E-state index contributed by atoms with van der Waals surface area (Å²) in [5.41, 5.74) is 0. The molecule has 0 aliphatic carbocycles. The largest absolute Gasteiger partial charge is 0.462 e. The number of amides is 1. The lowest BCUT2D eigenvalue weighted by Gasteiger charge is -2.39. The maximum Gasteiger partial charge on any atom is 0.306 e. The number of hydrogen-bond donors (Lipinski definition) is 5. The van der Waals surface area contributed by atoms with Crippen molar-refractivity contribution >= 4 is 28.0 Å². The number of unbranched alkanes of at least 4 members (excludes halogenated alkanes) is 26. The first-order valence-electron chi connectivity index (χ1n) is 23.8. The molecule has 0 saturated carbocycles. The number of hydrogen-bond acceptors (Lipinski definition) is 12. The highest BCUT2D eigenvalue weighted by atomic mass is 32.2. The number of ether oxygens (including phenoxy) is 4. The third-order valence-electron chi connectivity index (χ3n) is 11.1. The van der Waals surface area contributed by atoms with Gasteiger partial charge in [-0.25, -0.2) is 0 Å². The monoisotopic (exact) mass is 880 g/mol. The van der Waals surface area contributed by atoms with Gasteiger partial charge in [0.05, 0.1) is 12.4 Å². The third kappa shape index (κ3) is 30.2. The fraction of sp³-hybridized carbons (Fsp3) is 0.933. The van der Waals surface area contributed by atoms with E-state index in [1.807, 2.05) is 0 Å². The molecule has 1 amide bonds. The van der Waals surface area contributed by atoms with Gasteiger partial charge >= 0.3 is 11.9 Å². The molecule has 0 aromatic heterocycles. The number of nitrogens with one attached hydrogen (secondary N) is 1. The average molecular weight is 880 g/mol. The lowest BCUT2D eigenvalue weighted by molar-refractivity contribution is -0.295. The second-order valence-corrected chi connectivity index (χ2v) is 18.4. The summed E-state index contributed by atoms with van der Waals surface area (Å²) in [5.74, 6) is -2.77. The maximum absolute atomic E-state index is 12.9. The number of carbonyl (C=O) groups excluding carboxylic acids is 3. The van der Waals surface area contributed by atoms with Gasteiger partial charge in [0.25, 0.3) is 16.0 Å². The van der Waals surface area contributed by atoms with Crippen molar-refractivity contribution in [2.45, 2.75) is 243 Å². The summed E-state index contributed by atoms with van der Waals surface area (Å²) < 4.78 is 53.1. The van der Waals surface area contributed by atoms with Crippen LogP contribution in [0.15, 0.2) is 0 Å². The van der Waals surface area contributed by atoms with Gasteiger partial charge in [-0.15, -0.1) is 0 Å². The Hall–Kier alpha value is -1.88. The zero-order chi connectivity index (χ0) is 44.3. The molecule has 1 fully saturated rings. The lowest BCUT2D eigenvalue weighted by Crippen LogP contribution is -2.62. The van der Waals surface area contributed by atoms with E-state index in [1.165, 1.54) is 128 Å².